The number of hydrogen-bond acceptors (Lipinski definition) is 5. The third kappa shape index (κ3) is 6.14. The van der Waals surface area contributed by atoms with Crippen LogP contribution in [-0.4, -0.2) is 40.8 Å². The van der Waals surface area contributed by atoms with E-state index in [1.54, 1.807) is 37.8 Å². The number of hydrogen-bond donors (Lipinski definition) is 1. The lowest BCUT2D eigenvalue weighted by atomic mass is 10.1. The predicted molar refractivity (Wildman–Crippen MR) is 94.4 cm³/mol. The van der Waals surface area contributed by atoms with Crippen LogP contribution in [0.2, 0.25) is 0 Å². The van der Waals surface area contributed by atoms with Gasteiger partial charge >= 0.3 is 6.16 Å². The van der Waals surface area contributed by atoms with Gasteiger partial charge in [0.05, 0.1) is 0 Å². The maximum Gasteiger partial charge on any atom is 0.514 e. The number of likely N-dealkylation sites (tertiary alicyclic amines) is 1. The van der Waals surface area contributed by atoms with Crippen molar-refractivity contribution in [2.75, 3.05) is 13.1 Å². The Morgan fingerprint density at radius 3 is 2.48 bits per heavy atom. The lowest BCUT2D eigenvalue weighted by Gasteiger charge is -2.25. The molecule has 1 aromatic carbocycles. The van der Waals surface area contributed by atoms with Crippen LogP contribution in [0.3, 0.4) is 0 Å². The van der Waals surface area contributed by atoms with E-state index < -0.39 is 11.8 Å². The van der Waals surface area contributed by atoms with E-state index in [0.717, 1.165) is 32.4 Å². The number of rotatable bonds is 3. The highest BCUT2D eigenvalue weighted by Gasteiger charge is 2.19. The topological polar surface area (TPSA) is 76.1 Å². The molecule has 1 aliphatic heterocycles. The minimum absolute atomic E-state index is 0.0435. The quantitative estimate of drug-likeness (QED) is 0.512. The van der Waals surface area contributed by atoms with E-state index >= 15 is 0 Å². The molecule has 6 nitrogen and oxygen atoms in total. The molecule has 25 heavy (non-hydrogen) atoms. The summed E-state index contributed by atoms with van der Waals surface area (Å²) in [5.41, 5.74) is -0.178. The molecule has 6 heteroatoms. The molecule has 0 spiro atoms. The lowest BCUT2D eigenvalue weighted by Crippen LogP contribution is -2.34. The molecule has 136 valence electrons. The van der Waals surface area contributed by atoms with E-state index in [1.807, 2.05) is 0 Å². The molecule has 0 aromatic heterocycles. The summed E-state index contributed by atoms with van der Waals surface area (Å²) in [5.74, 6) is 0.0194. The first-order valence-electron chi connectivity index (χ1n) is 8.45. The van der Waals surface area contributed by atoms with Crippen LogP contribution in [0.5, 0.6) is 11.5 Å². The fourth-order valence-corrected chi connectivity index (χ4v) is 2.49. The fourth-order valence-electron chi connectivity index (χ4n) is 2.49. The molecular formula is C19H25NO5. The zero-order valence-corrected chi connectivity index (χ0v) is 14.9. The molecule has 1 heterocycles. The first kappa shape index (κ1) is 18.8. The number of nitrogens with zero attached hydrogens (tertiary/aromatic N) is 1. The summed E-state index contributed by atoms with van der Waals surface area (Å²) in [6.07, 6.45) is 5.36. The third-order valence-corrected chi connectivity index (χ3v) is 3.65. The Balaban J connectivity index is 2.10. The van der Waals surface area contributed by atoms with Crippen molar-refractivity contribution in [1.82, 2.24) is 4.90 Å². The fraction of sp³-hybridized carbons (Fsp3) is 0.474. The summed E-state index contributed by atoms with van der Waals surface area (Å²) in [4.78, 5) is 25.9. The molecule has 0 radical (unpaired) electrons. The van der Waals surface area contributed by atoms with Gasteiger partial charge in [-0.25, -0.2) is 4.79 Å². The smallest absolute Gasteiger partial charge is 0.508 e. The van der Waals surface area contributed by atoms with Crippen molar-refractivity contribution >= 4 is 18.1 Å². The van der Waals surface area contributed by atoms with Gasteiger partial charge in [-0.2, -0.15) is 0 Å². The molecule has 0 saturated carbocycles. The second-order valence-electron chi connectivity index (χ2n) is 7.01. The number of carbonyl (C=O) groups excluding carboxylic acids is 2. The number of piperidine rings is 1. The molecule has 2 rings (SSSR count). The first-order chi connectivity index (χ1) is 11.7. The zero-order valence-electron chi connectivity index (χ0n) is 14.9. The summed E-state index contributed by atoms with van der Waals surface area (Å²) >= 11 is 0. The van der Waals surface area contributed by atoms with Gasteiger partial charge in [-0.3, -0.25) is 4.79 Å². The van der Waals surface area contributed by atoms with Crippen LogP contribution in [0.15, 0.2) is 24.3 Å². The van der Waals surface area contributed by atoms with Crippen molar-refractivity contribution in [1.29, 1.82) is 0 Å². The molecule has 0 unspecified atom stereocenters. The van der Waals surface area contributed by atoms with Crippen LogP contribution in [-0.2, 0) is 9.53 Å². The molecule has 1 aliphatic rings. The number of amides is 1. The molecule has 0 bridgehead atoms. The normalized spacial score (nSPS) is 15.2. The molecule has 1 N–H and O–H groups in total. The second kappa shape index (κ2) is 8.05. The maximum atomic E-state index is 12.2. The molecule has 1 saturated heterocycles. The Kier molecular flexibility index (Phi) is 6.07. The Bertz CT molecular complexity index is 654. The summed E-state index contributed by atoms with van der Waals surface area (Å²) in [7, 11) is 0. The van der Waals surface area contributed by atoms with E-state index in [9.17, 15) is 14.7 Å². The predicted octanol–water partition coefficient (Wildman–Crippen LogP) is 3.73. The van der Waals surface area contributed by atoms with Crippen LogP contribution >= 0.6 is 0 Å². The van der Waals surface area contributed by atoms with E-state index in [-0.39, 0.29) is 17.4 Å². The van der Waals surface area contributed by atoms with Gasteiger partial charge in [0.25, 0.3) is 0 Å². The van der Waals surface area contributed by atoms with Crippen molar-refractivity contribution < 1.29 is 24.2 Å². The summed E-state index contributed by atoms with van der Waals surface area (Å²) in [6, 6.07) is 4.36. The zero-order chi connectivity index (χ0) is 18.4. The molecule has 1 amide bonds. The van der Waals surface area contributed by atoms with Gasteiger partial charge in [0.15, 0.2) is 0 Å². The molecule has 1 aromatic rings. The van der Waals surface area contributed by atoms with Gasteiger partial charge in [-0.05, 0) is 58.2 Å². The standard InChI is InChI=1S/C19H25NO5/c1-19(2,3)25-18(23)24-16-13-15(21)9-7-14(16)8-10-17(22)20-11-5-4-6-12-20/h7-10,13,21H,4-6,11-12H2,1-3H3. The number of aromatic hydroxyl groups is 1. The highest BCUT2D eigenvalue weighted by molar-refractivity contribution is 5.92. The maximum absolute atomic E-state index is 12.2. The Labute approximate surface area is 148 Å². The summed E-state index contributed by atoms with van der Waals surface area (Å²) in [6.45, 7) is 6.72. The Morgan fingerprint density at radius 1 is 1.16 bits per heavy atom. The number of phenolic OH excluding ortho intramolecular Hbond substituents is 1. The summed E-state index contributed by atoms with van der Waals surface area (Å²) in [5, 5.41) is 9.63. The average molecular weight is 347 g/mol. The van der Waals surface area contributed by atoms with Crippen molar-refractivity contribution in [3.05, 3.63) is 29.8 Å². The average Bonchev–Trinajstić information content (AvgIpc) is 2.53. The SMILES string of the molecule is CC(C)(C)OC(=O)Oc1cc(O)ccc1C=CC(=O)N1CCCCC1. The van der Waals surface area contributed by atoms with E-state index in [2.05, 4.69) is 0 Å². The second-order valence-corrected chi connectivity index (χ2v) is 7.01. The van der Waals surface area contributed by atoms with Crippen molar-refractivity contribution in [3.8, 4) is 11.5 Å². The summed E-state index contributed by atoms with van der Waals surface area (Å²) < 4.78 is 10.3. The molecule has 0 aliphatic carbocycles. The van der Waals surface area contributed by atoms with Crippen LogP contribution in [0.25, 0.3) is 6.08 Å². The Hall–Kier alpha value is -2.50. The van der Waals surface area contributed by atoms with Crippen LogP contribution in [0.4, 0.5) is 4.79 Å². The Morgan fingerprint density at radius 2 is 1.84 bits per heavy atom. The van der Waals surface area contributed by atoms with Crippen LogP contribution in [0.1, 0.15) is 45.6 Å². The van der Waals surface area contributed by atoms with Gasteiger partial charge < -0.3 is 19.5 Å². The minimum Gasteiger partial charge on any atom is -0.508 e. The number of ether oxygens (including phenoxy) is 2. The van der Waals surface area contributed by atoms with Crippen LogP contribution in [0, 0.1) is 0 Å². The van der Waals surface area contributed by atoms with Gasteiger partial charge in [-0.1, -0.05) is 0 Å². The first-order valence-corrected chi connectivity index (χ1v) is 8.45. The highest BCUT2D eigenvalue weighted by atomic mass is 16.7. The number of carbonyl (C=O) groups is 2. The van der Waals surface area contributed by atoms with Gasteiger partial charge in [0.1, 0.15) is 17.1 Å². The van der Waals surface area contributed by atoms with E-state index in [1.165, 1.54) is 18.2 Å². The third-order valence-electron chi connectivity index (χ3n) is 3.65. The molecule has 0 atom stereocenters. The van der Waals surface area contributed by atoms with Crippen LogP contribution < -0.4 is 4.74 Å². The van der Waals surface area contributed by atoms with Crippen molar-refractivity contribution in [3.63, 3.8) is 0 Å². The van der Waals surface area contributed by atoms with Crippen molar-refractivity contribution in [2.45, 2.75) is 45.6 Å². The van der Waals surface area contributed by atoms with Gasteiger partial charge in [-0.15, -0.1) is 0 Å². The number of benzene rings is 1. The molecule has 1 fully saturated rings. The van der Waals surface area contributed by atoms with E-state index in [0.29, 0.717) is 5.56 Å². The monoisotopic (exact) mass is 347 g/mol. The lowest BCUT2D eigenvalue weighted by molar-refractivity contribution is -0.126. The van der Waals surface area contributed by atoms with E-state index in [4.69, 9.17) is 9.47 Å². The minimum atomic E-state index is -0.866. The number of phenols is 1. The highest BCUT2D eigenvalue weighted by Crippen LogP contribution is 2.26. The molecular weight excluding hydrogens is 322 g/mol. The van der Waals surface area contributed by atoms with Gasteiger partial charge in [0, 0.05) is 30.8 Å². The van der Waals surface area contributed by atoms with Gasteiger partial charge in [0.2, 0.25) is 5.91 Å². The largest absolute Gasteiger partial charge is 0.514 e. The van der Waals surface area contributed by atoms with Crippen molar-refractivity contribution in [2.24, 2.45) is 0 Å².